The first-order valence-corrected chi connectivity index (χ1v) is 6.39. The average Bonchev–Trinajstić information content (AvgIpc) is 2.35. The van der Waals surface area contributed by atoms with E-state index < -0.39 is 0 Å². The SMILES string of the molecule is CN(Cc1cc(F)ccc1O)CC1CCOCC1. The highest BCUT2D eigenvalue weighted by atomic mass is 19.1. The number of phenolic OH excluding ortho intramolecular Hbond substituents is 1. The van der Waals surface area contributed by atoms with Crippen molar-refractivity contribution in [3.63, 3.8) is 0 Å². The van der Waals surface area contributed by atoms with E-state index >= 15 is 0 Å². The Morgan fingerprint density at radius 2 is 2.11 bits per heavy atom. The fourth-order valence-corrected chi connectivity index (χ4v) is 2.41. The Bertz CT molecular complexity index is 391. The number of rotatable bonds is 4. The van der Waals surface area contributed by atoms with Gasteiger partial charge < -0.3 is 14.7 Å². The van der Waals surface area contributed by atoms with Crippen LogP contribution in [0, 0.1) is 11.7 Å². The van der Waals surface area contributed by atoms with E-state index in [1.165, 1.54) is 18.2 Å². The van der Waals surface area contributed by atoms with Crippen molar-refractivity contribution >= 4 is 0 Å². The van der Waals surface area contributed by atoms with Crippen LogP contribution in [0.15, 0.2) is 18.2 Å². The number of phenols is 1. The van der Waals surface area contributed by atoms with Crippen molar-refractivity contribution in [2.45, 2.75) is 19.4 Å². The van der Waals surface area contributed by atoms with Crippen LogP contribution in [0.1, 0.15) is 18.4 Å². The molecule has 18 heavy (non-hydrogen) atoms. The lowest BCUT2D eigenvalue weighted by atomic mass is 9.99. The summed E-state index contributed by atoms with van der Waals surface area (Å²) in [5.74, 6) is 0.497. The second-order valence-electron chi connectivity index (χ2n) is 5.03. The third-order valence-electron chi connectivity index (χ3n) is 3.39. The third-order valence-corrected chi connectivity index (χ3v) is 3.39. The number of benzene rings is 1. The van der Waals surface area contributed by atoms with Crippen molar-refractivity contribution in [1.82, 2.24) is 4.90 Å². The summed E-state index contributed by atoms with van der Waals surface area (Å²) in [5, 5.41) is 9.68. The van der Waals surface area contributed by atoms with E-state index in [9.17, 15) is 9.50 Å². The minimum absolute atomic E-state index is 0.162. The van der Waals surface area contributed by atoms with Crippen LogP contribution in [0.3, 0.4) is 0 Å². The number of ether oxygens (including phenoxy) is 1. The molecule has 1 fully saturated rings. The Labute approximate surface area is 107 Å². The maximum atomic E-state index is 13.1. The monoisotopic (exact) mass is 253 g/mol. The molecule has 0 unspecified atom stereocenters. The van der Waals surface area contributed by atoms with Crippen LogP contribution in [0.25, 0.3) is 0 Å². The highest BCUT2D eigenvalue weighted by molar-refractivity contribution is 5.32. The molecule has 1 heterocycles. The molecule has 1 aliphatic rings. The third kappa shape index (κ3) is 3.68. The Morgan fingerprint density at radius 3 is 2.83 bits per heavy atom. The largest absolute Gasteiger partial charge is 0.508 e. The van der Waals surface area contributed by atoms with Crippen LogP contribution in [0.4, 0.5) is 4.39 Å². The zero-order valence-electron chi connectivity index (χ0n) is 10.7. The van der Waals surface area contributed by atoms with Crippen LogP contribution in [0.2, 0.25) is 0 Å². The average molecular weight is 253 g/mol. The van der Waals surface area contributed by atoms with Gasteiger partial charge in [0.15, 0.2) is 0 Å². The van der Waals surface area contributed by atoms with Gasteiger partial charge in [-0.1, -0.05) is 0 Å². The van der Waals surface area contributed by atoms with Crippen LogP contribution in [-0.2, 0) is 11.3 Å². The van der Waals surface area contributed by atoms with Gasteiger partial charge in [-0.2, -0.15) is 0 Å². The quantitative estimate of drug-likeness (QED) is 0.894. The van der Waals surface area contributed by atoms with E-state index in [4.69, 9.17) is 4.74 Å². The Morgan fingerprint density at radius 1 is 1.39 bits per heavy atom. The molecule has 100 valence electrons. The van der Waals surface area contributed by atoms with E-state index in [1.807, 2.05) is 7.05 Å². The first kappa shape index (κ1) is 13.3. The van der Waals surface area contributed by atoms with Crippen molar-refractivity contribution < 1.29 is 14.2 Å². The van der Waals surface area contributed by atoms with Crippen molar-refractivity contribution in [3.8, 4) is 5.75 Å². The second-order valence-corrected chi connectivity index (χ2v) is 5.03. The predicted octanol–water partition coefficient (Wildman–Crippen LogP) is 2.39. The molecule has 0 bridgehead atoms. The topological polar surface area (TPSA) is 32.7 Å². The minimum Gasteiger partial charge on any atom is -0.508 e. The maximum absolute atomic E-state index is 13.1. The highest BCUT2D eigenvalue weighted by Gasteiger charge is 2.16. The van der Waals surface area contributed by atoms with Gasteiger partial charge in [0.1, 0.15) is 11.6 Å². The van der Waals surface area contributed by atoms with Gasteiger partial charge >= 0.3 is 0 Å². The van der Waals surface area contributed by atoms with Crippen LogP contribution in [-0.4, -0.2) is 36.8 Å². The van der Waals surface area contributed by atoms with Crippen LogP contribution in [0.5, 0.6) is 5.75 Å². The fraction of sp³-hybridized carbons (Fsp3) is 0.571. The normalized spacial score (nSPS) is 17.3. The van der Waals surface area contributed by atoms with E-state index in [-0.39, 0.29) is 11.6 Å². The predicted molar refractivity (Wildman–Crippen MR) is 67.9 cm³/mol. The smallest absolute Gasteiger partial charge is 0.123 e. The number of hydrogen-bond acceptors (Lipinski definition) is 3. The summed E-state index contributed by atoms with van der Waals surface area (Å²) in [7, 11) is 2.00. The number of hydrogen-bond donors (Lipinski definition) is 1. The summed E-state index contributed by atoms with van der Waals surface area (Å²) in [6.07, 6.45) is 2.17. The van der Waals surface area contributed by atoms with Crippen LogP contribution >= 0.6 is 0 Å². The molecule has 0 aromatic heterocycles. The van der Waals surface area contributed by atoms with Gasteiger partial charge in [0, 0.05) is 31.9 Å². The Balaban J connectivity index is 1.89. The van der Waals surface area contributed by atoms with Crippen LogP contribution < -0.4 is 0 Å². The van der Waals surface area contributed by atoms with Crippen molar-refractivity contribution in [1.29, 1.82) is 0 Å². The number of aromatic hydroxyl groups is 1. The van der Waals surface area contributed by atoms with E-state index in [0.29, 0.717) is 18.0 Å². The van der Waals surface area contributed by atoms with Crippen molar-refractivity contribution in [3.05, 3.63) is 29.6 Å². The molecule has 0 radical (unpaired) electrons. The van der Waals surface area contributed by atoms with E-state index in [2.05, 4.69) is 4.90 Å². The Hall–Kier alpha value is -1.13. The molecule has 3 nitrogen and oxygen atoms in total. The lowest BCUT2D eigenvalue weighted by Gasteiger charge is -2.27. The molecule has 0 spiro atoms. The molecular formula is C14H20FNO2. The zero-order chi connectivity index (χ0) is 13.0. The molecular weight excluding hydrogens is 233 g/mol. The standard InChI is InChI=1S/C14H20FNO2/c1-16(9-11-4-6-18-7-5-11)10-12-8-13(15)2-3-14(12)17/h2-3,8,11,17H,4-7,9-10H2,1H3. The van der Waals surface area contributed by atoms with Gasteiger partial charge in [-0.05, 0) is 44.0 Å². The molecule has 0 amide bonds. The first-order valence-electron chi connectivity index (χ1n) is 6.39. The molecule has 1 N–H and O–H groups in total. The summed E-state index contributed by atoms with van der Waals surface area (Å²) >= 11 is 0. The summed E-state index contributed by atoms with van der Waals surface area (Å²) in [6, 6.07) is 4.08. The second kappa shape index (κ2) is 6.16. The molecule has 4 heteroatoms. The number of halogens is 1. The Kier molecular flexibility index (Phi) is 4.55. The minimum atomic E-state index is -0.303. The summed E-state index contributed by atoms with van der Waals surface area (Å²) in [5.41, 5.74) is 0.643. The maximum Gasteiger partial charge on any atom is 0.123 e. The van der Waals surface area contributed by atoms with E-state index in [0.717, 1.165) is 32.6 Å². The van der Waals surface area contributed by atoms with Gasteiger partial charge in [0.25, 0.3) is 0 Å². The van der Waals surface area contributed by atoms with Gasteiger partial charge in [0.05, 0.1) is 0 Å². The van der Waals surface area contributed by atoms with Gasteiger partial charge in [0.2, 0.25) is 0 Å². The lowest BCUT2D eigenvalue weighted by molar-refractivity contribution is 0.0549. The molecule has 0 aliphatic carbocycles. The lowest BCUT2D eigenvalue weighted by Crippen LogP contribution is -2.29. The van der Waals surface area contributed by atoms with Crippen molar-refractivity contribution in [2.75, 3.05) is 26.8 Å². The van der Waals surface area contributed by atoms with Crippen molar-refractivity contribution in [2.24, 2.45) is 5.92 Å². The van der Waals surface area contributed by atoms with Gasteiger partial charge in [-0.15, -0.1) is 0 Å². The molecule has 1 aromatic carbocycles. The molecule has 1 aromatic rings. The molecule has 1 saturated heterocycles. The first-order chi connectivity index (χ1) is 8.65. The highest BCUT2D eigenvalue weighted by Crippen LogP contribution is 2.21. The molecule has 2 rings (SSSR count). The van der Waals surface area contributed by atoms with E-state index in [1.54, 1.807) is 0 Å². The van der Waals surface area contributed by atoms with Gasteiger partial charge in [-0.25, -0.2) is 4.39 Å². The summed E-state index contributed by atoms with van der Waals surface area (Å²) in [4.78, 5) is 2.13. The fourth-order valence-electron chi connectivity index (χ4n) is 2.41. The van der Waals surface area contributed by atoms with Gasteiger partial charge in [-0.3, -0.25) is 0 Å². The molecule has 1 aliphatic heterocycles. The summed E-state index contributed by atoms with van der Waals surface area (Å²) in [6.45, 7) is 3.20. The zero-order valence-corrected chi connectivity index (χ0v) is 10.7. The number of nitrogens with zero attached hydrogens (tertiary/aromatic N) is 1. The molecule has 0 atom stereocenters. The molecule has 0 saturated carbocycles. The summed E-state index contributed by atoms with van der Waals surface area (Å²) < 4.78 is 18.4.